The molecule has 0 saturated carbocycles. The predicted molar refractivity (Wildman–Crippen MR) is 103 cm³/mol. The minimum absolute atomic E-state index is 0.00564. The van der Waals surface area contributed by atoms with Crippen LogP contribution < -0.4 is 10.6 Å². The van der Waals surface area contributed by atoms with Gasteiger partial charge in [0.25, 0.3) is 5.91 Å². The molecule has 4 rings (SSSR count). The topological polar surface area (TPSA) is 59.0 Å². The largest absolute Gasteiger partial charge is 0.347 e. The molecular weight excluding hydrogens is 324 g/mol. The Hall–Kier alpha value is -2.40. The number of allylic oxidation sites excluding steroid dienone is 1. The maximum absolute atomic E-state index is 12.2. The molecule has 1 aromatic carbocycles. The number of carbonyl (C=O) groups excluding carboxylic acids is 1. The monoisotopic (exact) mass is 350 g/mol. The molecule has 0 saturated heterocycles. The van der Waals surface area contributed by atoms with Crippen molar-refractivity contribution < 1.29 is 4.79 Å². The number of aryl methyl sites for hydroxylation is 1. The van der Waals surface area contributed by atoms with E-state index < -0.39 is 0 Å². The van der Waals surface area contributed by atoms with Gasteiger partial charge in [-0.25, -0.2) is 4.68 Å². The quantitative estimate of drug-likeness (QED) is 0.811. The Morgan fingerprint density at radius 1 is 1.27 bits per heavy atom. The van der Waals surface area contributed by atoms with Crippen LogP contribution in [0.1, 0.15) is 54.3 Å². The normalized spacial score (nSPS) is 19.7. The molecule has 26 heavy (non-hydrogen) atoms. The highest BCUT2D eigenvalue weighted by Gasteiger charge is 2.27. The summed E-state index contributed by atoms with van der Waals surface area (Å²) < 4.78 is 1.85. The van der Waals surface area contributed by atoms with Gasteiger partial charge in [-0.05, 0) is 45.1 Å². The highest BCUT2D eigenvalue weighted by atomic mass is 16.2. The maximum atomic E-state index is 12.2. The van der Waals surface area contributed by atoms with Gasteiger partial charge in [-0.3, -0.25) is 10.1 Å². The molecule has 2 N–H and O–H groups in total. The number of rotatable bonds is 5. The van der Waals surface area contributed by atoms with E-state index in [0.29, 0.717) is 12.2 Å². The fourth-order valence-electron chi connectivity index (χ4n) is 3.72. The Balaban J connectivity index is 1.49. The fraction of sp³-hybridized carbons (Fsp3) is 0.429. The van der Waals surface area contributed by atoms with Crippen LogP contribution >= 0.6 is 0 Å². The molecule has 0 radical (unpaired) electrons. The molecule has 1 atom stereocenters. The molecule has 1 aliphatic carbocycles. The number of hydrogen-bond acceptors (Lipinski definition) is 3. The highest BCUT2D eigenvalue weighted by Crippen LogP contribution is 2.24. The molecule has 1 amide bonds. The van der Waals surface area contributed by atoms with Crippen molar-refractivity contribution in [1.82, 2.24) is 20.4 Å². The van der Waals surface area contributed by atoms with E-state index in [1.54, 1.807) is 5.57 Å². The predicted octanol–water partition coefficient (Wildman–Crippen LogP) is 3.58. The molecule has 1 aliphatic heterocycles. The zero-order chi connectivity index (χ0) is 17.9. The Kier molecular flexibility index (Phi) is 4.89. The van der Waals surface area contributed by atoms with Crippen LogP contribution in [0.2, 0.25) is 0 Å². The third-order valence-electron chi connectivity index (χ3n) is 5.28. The van der Waals surface area contributed by atoms with Crippen molar-refractivity contribution in [3.05, 3.63) is 53.2 Å². The minimum Gasteiger partial charge on any atom is -0.347 e. The first-order valence-electron chi connectivity index (χ1n) is 9.57. The lowest BCUT2D eigenvalue weighted by atomic mass is 9.97. The third kappa shape index (κ3) is 3.58. The van der Waals surface area contributed by atoms with Gasteiger partial charge in [0.05, 0.1) is 12.2 Å². The van der Waals surface area contributed by atoms with Crippen LogP contribution in [0, 0.1) is 6.92 Å². The average molecular weight is 350 g/mol. The minimum atomic E-state index is -0.0519. The highest BCUT2D eigenvalue weighted by molar-refractivity contribution is 5.94. The molecule has 0 spiro atoms. The van der Waals surface area contributed by atoms with E-state index in [0.717, 1.165) is 24.2 Å². The third-order valence-corrected chi connectivity index (χ3v) is 5.28. The lowest BCUT2D eigenvalue weighted by Crippen LogP contribution is -2.45. The number of nitrogens with one attached hydrogen (secondary N) is 2. The van der Waals surface area contributed by atoms with Gasteiger partial charge in [-0.15, -0.1) is 0 Å². The molecule has 2 aromatic rings. The van der Waals surface area contributed by atoms with Crippen molar-refractivity contribution >= 4 is 5.91 Å². The van der Waals surface area contributed by atoms with Crippen LogP contribution in [0.3, 0.4) is 0 Å². The summed E-state index contributed by atoms with van der Waals surface area (Å²) in [6, 6.07) is 10.1. The van der Waals surface area contributed by atoms with Crippen LogP contribution in [0.5, 0.6) is 0 Å². The van der Waals surface area contributed by atoms with E-state index in [-0.39, 0.29) is 12.1 Å². The second-order valence-corrected chi connectivity index (χ2v) is 7.26. The number of amides is 1. The Morgan fingerprint density at radius 2 is 2.12 bits per heavy atom. The summed E-state index contributed by atoms with van der Waals surface area (Å²) in [4.78, 5) is 12.2. The zero-order valence-electron chi connectivity index (χ0n) is 15.3. The molecule has 0 bridgehead atoms. The molecule has 5 heteroatoms. The van der Waals surface area contributed by atoms with Crippen molar-refractivity contribution in [3.8, 4) is 11.3 Å². The van der Waals surface area contributed by atoms with Gasteiger partial charge in [0.15, 0.2) is 0 Å². The van der Waals surface area contributed by atoms with Gasteiger partial charge in [-0.1, -0.05) is 41.5 Å². The molecule has 5 nitrogen and oxygen atoms in total. The van der Waals surface area contributed by atoms with Crippen molar-refractivity contribution in [1.29, 1.82) is 0 Å². The summed E-state index contributed by atoms with van der Waals surface area (Å²) in [7, 11) is 0. The van der Waals surface area contributed by atoms with Crippen LogP contribution in [-0.2, 0) is 0 Å². The summed E-state index contributed by atoms with van der Waals surface area (Å²) in [6.07, 6.45) is 8.56. The van der Waals surface area contributed by atoms with E-state index in [4.69, 9.17) is 5.10 Å². The SMILES string of the molecule is Cc1ccc(-c2cc3n(n2)[C@@H](NCCC2=CCCCC2)CNC3=O)cc1. The van der Waals surface area contributed by atoms with Crippen LogP contribution in [0.15, 0.2) is 42.0 Å². The van der Waals surface area contributed by atoms with Crippen molar-refractivity contribution in [2.75, 3.05) is 13.1 Å². The molecule has 2 heterocycles. The van der Waals surface area contributed by atoms with E-state index >= 15 is 0 Å². The van der Waals surface area contributed by atoms with Gasteiger partial charge in [-0.2, -0.15) is 5.10 Å². The van der Waals surface area contributed by atoms with E-state index in [9.17, 15) is 4.79 Å². The molecular formula is C21H26N4O. The lowest BCUT2D eigenvalue weighted by Gasteiger charge is -2.26. The second kappa shape index (κ2) is 7.46. The fourth-order valence-corrected chi connectivity index (χ4v) is 3.72. The first-order valence-corrected chi connectivity index (χ1v) is 9.57. The first-order chi connectivity index (χ1) is 12.7. The zero-order valence-corrected chi connectivity index (χ0v) is 15.3. The van der Waals surface area contributed by atoms with Crippen LogP contribution in [0.25, 0.3) is 11.3 Å². The molecule has 0 unspecified atom stereocenters. The lowest BCUT2D eigenvalue weighted by molar-refractivity contribution is 0.0900. The molecule has 136 valence electrons. The Morgan fingerprint density at radius 3 is 2.88 bits per heavy atom. The van der Waals surface area contributed by atoms with Crippen molar-refractivity contribution in [2.45, 2.75) is 45.2 Å². The smallest absolute Gasteiger partial charge is 0.269 e. The number of nitrogens with zero attached hydrogens (tertiary/aromatic N) is 2. The summed E-state index contributed by atoms with van der Waals surface area (Å²) in [5.41, 5.74) is 5.29. The summed E-state index contributed by atoms with van der Waals surface area (Å²) in [6.45, 7) is 3.54. The van der Waals surface area contributed by atoms with Gasteiger partial charge >= 0.3 is 0 Å². The van der Waals surface area contributed by atoms with Crippen molar-refractivity contribution in [3.63, 3.8) is 0 Å². The van der Waals surface area contributed by atoms with Gasteiger partial charge < -0.3 is 5.32 Å². The van der Waals surface area contributed by atoms with E-state index in [1.165, 1.54) is 31.2 Å². The van der Waals surface area contributed by atoms with E-state index in [2.05, 4.69) is 47.9 Å². The maximum Gasteiger partial charge on any atom is 0.269 e. The number of hydrogen-bond donors (Lipinski definition) is 2. The van der Waals surface area contributed by atoms with Crippen LogP contribution in [0.4, 0.5) is 0 Å². The molecule has 1 aromatic heterocycles. The summed E-state index contributed by atoms with van der Waals surface area (Å²) >= 11 is 0. The Bertz CT molecular complexity index is 819. The summed E-state index contributed by atoms with van der Waals surface area (Å²) in [5, 5.41) is 11.3. The average Bonchev–Trinajstić information content (AvgIpc) is 3.11. The standard InChI is InChI=1S/C21H26N4O/c1-15-7-9-17(10-8-15)18-13-19-21(26)23-14-20(25(19)24-18)22-12-11-16-5-3-2-4-6-16/h5,7-10,13,20,22H,2-4,6,11-12,14H2,1H3,(H,23,26)/t20-/m1/s1. The van der Waals surface area contributed by atoms with E-state index in [1.807, 2.05) is 10.7 Å². The number of aromatic nitrogens is 2. The van der Waals surface area contributed by atoms with Gasteiger partial charge in [0, 0.05) is 12.1 Å². The summed E-state index contributed by atoms with van der Waals surface area (Å²) in [5.74, 6) is -0.0519. The second-order valence-electron chi connectivity index (χ2n) is 7.26. The first kappa shape index (κ1) is 17.0. The Labute approximate surface area is 154 Å². The number of benzene rings is 1. The van der Waals surface area contributed by atoms with Gasteiger partial charge in [0.1, 0.15) is 11.9 Å². The van der Waals surface area contributed by atoms with Gasteiger partial charge in [0.2, 0.25) is 0 Å². The van der Waals surface area contributed by atoms with Crippen LogP contribution in [-0.4, -0.2) is 28.8 Å². The van der Waals surface area contributed by atoms with Crippen molar-refractivity contribution in [2.24, 2.45) is 0 Å². The molecule has 0 fully saturated rings. The number of fused-ring (bicyclic) bond motifs is 1. The molecule has 2 aliphatic rings. The number of carbonyl (C=O) groups is 1.